The predicted molar refractivity (Wildman–Crippen MR) is 66.9 cm³/mol. The number of nitrogens with zero attached hydrogens (tertiary/aromatic N) is 1. The molecule has 0 saturated heterocycles. The topological polar surface area (TPSA) is 65.3 Å². The Bertz CT molecular complexity index is 399. The summed E-state index contributed by atoms with van der Waals surface area (Å²) in [5, 5.41) is 21.6. The number of nitrogens with one attached hydrogen (secondary N) is 1. The normalized spacial score (nSPS) is 11.9. The standard InChI is InChI=1S/C13H18N2O2/c1-10-3-4-13(11(7-10)8-14)15-6-5-12(16)9-17-2/h3-4,7,12,15-16H,5-6,9H2,1-2H3. The molecule has 0 aliphatic heterocycles. The van der Waals surface area contributed by atoms with E-state index in [9.17, 15) is 5.11 Å². The molecule has 92 valence electrons. The molecule has 0 fully saturated rings. The lowest BCUT2D eigenvalue weighted by molar-refractivity contribution is 0.0615. The maximum Gasteiger partial charge on any atom is 0.101 e. The molecule has 0 aliphatic carbocycles. The van der Waals surface area contributed by atoms with Crippen molar-refractivity contribution in [3.63, 3.8) is 0 Å². The summed E-state index contributed by atoms with van der Waals surface area (Å²) in [5.74, 6) is 0. The number of aryl methyl sites for hydroxylation is 1. The molecule has 1 aromatic rings. The first-order valence-electron chi connectivity index (χ1n) is 5.59. The average molecular weight is 234 g/mol. The maximum atomic E-state index is 9.47. The minimum atomic E-state index is -0.469. The van der Waals surface area contributed by atoms with Gasteiger partial charge in [0.15, 0.2) is 0 Å². The van der Waals surface area contributed by atoms with Crippen LogP contribution < -0.4 is 5.32 Å². The Morgan fingerprint density at radius 2 is 2.29 bits per heavy atom. The molecular formula is C13H18N2O2. The molecule has 1 rings (SSSR count). The van der Waals surface area contributed by atoms with Crippen molar-refractivity contribution >= 4 is 5.69 Å². The van der Waals surface area contributed by atoms with Gasteiger partial charge in [-0.25, -0.2) is 0 Å². The van der Waals surface area contributed by atoms with E-state index in [2.05, 4.69) is 11.4 Å². The molecule has 0 aliphatic rings. The van der Waals surface area contributed by atoms with E-state index in [0.29, 0.717) is 25.1 Å². The van der Waals surface area contributed by atoms with Gasteiger partial charge in [0, 0.05) is 13.7 Å². The van der Waals surface area contributed by atoms with Crippen molar-refractivity contribution in [1.29, 1.82) is 5.26 Å². The van der Waals surface area contributed by atoms with Gasteiger partial charge in [-0.3, -0.25) is 0 Å². The minimum Gasteiger partial charge on any atom is -0.391 e. The minimum absolute atomic E-state index is 0.334. The largest absolute Gasteiger partial charge is 0.391 e. The SMILES string of the molecule is COCC(O)CCNc1ccc(C)cc1C#N. The van der Waals surface area contributed by atoms with Gasteiger partial charge in [-0.05, 0) is 31.0 Å². The third-order valence-corrected chi connectivity index (χ3v) is 2.45. The Hall–Kier alpha value is -1.57. The Balaban J connectivity index is 2.50. The van der Waals surface area contributed by atoms with Gasteiger partial charge >= 0.3 is 0 Å². The zero-order chi connectivity index (χ0) is 12.7. The molecule has 0 aromatic heterocycles. The van der Waals surface area contributed by atoms with Gasteiger partial charge < -0.3 is 15.2 Å². The van der Waals surface area contributed by atoms with Crippen LogP contribution in [0.3, 0.4) is 0 Å². The highest BCUT2D eigenvalue weighted by Crippen LogP contribution is 2.16. The summed E-state index contributed by atoms with van der Waals surface area (Å²) < 4.78 is 4.84. The second kappa shape index (κ2) is 6.89. The van der Waals surface area contributed by atoms with Gasteiger partial charge in [0.1, 0.15) is 6.07 Å². The zero-order valence-corrected chi connectivity index (χ0v) is 10.2. The molecule has 0 spiro atoms. The van der Waals surface area contributed by atoms with Crippen LogP contribution in [0, 0.1) is 18.3 Å². The lowest BCUT2D eigenvalue weighted by atomic mass is 10.1. The fourth-order valence-corrected chi connectivity index (χ4v) is 1.55. The van der Waals surface area contributed by atoms with Crippen LogP contribution in [-0.2, 0) is 4.74 Å². The summed E-state index contributed by atoms with van der Waals surface area (Å²) >= 11 is 0. The monoisotopic (exact) mass is 234 g/mol. The second-order valence-electron chi connectivity index (χ2n) is 3.99. The summed E-state index contributed by atoms with van der Waals surface area (Å²) in [4.78, 5) is 0. The summed E-state index contributed by atoms with van der Waals surface area (Å²) in [6.45, 7) is 2.90. The molecule has 0 bridgehead atoms. The Morgan fingerprint density at radius 3 is 2.94 bits per heavy atom. The van der Waals surface area contributed by atoms with Gasteiger partial charge in [0.2, 0.25) is 0 Å². The lowest BCUT2D eigenvalue weighted by Gasteiger charge is -2.12. The van der Waals surface area contributed by atoms with Crippen LogP contribution in [0.2, 0.25) is 0 Å². The molecule has 1 atom stereocenters. The Kier molecular flexibility index (Phi) is 5.47. The number of benzene rings is 1. The number of aliphatic hydroxyl groups is 1. The summed E-state index contributed by atoms with van der Waals surface area (Å²) in [7, 11) is 1.56. The second-order valence-corrected chi connectivity index (χ2v) is 3.99. The van der Waals surface area contributed by atoms with Gasteiger partial charge in [0.25, 0.3) is 0 Å². The number of rotatable bonds is 6. The first kappa shape index (κ1) is 13.5. The van der Waals surface area contributed by atoms with E-state index >= 15 is 0 Å². The van der Waals surface area contributed by atoms with Crippen molar-refractivity contribution in [2.75, 3.05) is 25.6 Å². The van der Waals surface area contributed by atoms with Crippen LogP contribution in [0.1, 0.15) is 17.5 Å². The number of aliphatic hydroxyl groups excluding tert-OH is 1. The highest BCUT2D eigenvalue weighted by Gasteiger charge is 2.05. The summed E-state index contributed by atoms with van der Waals surface area (Å²) in [6.07, 6.45) is 0.121. The van der Waals surface area contributed by atoms with Crippen molar-refractivity contribution in [2.24, 2.45) is 0 Å². The molecule has 0 radical (unpaired) electrons. The third-order valence-electron chi connectivity index (χ3n) is 2.45. The number of nitriles is 1. The van der Waals surface area contributed by atoms with Crippen LogP contribution in [0.5, 0.6) is 0 Å². The van der Waals surface area contributed by atoms with E-state index in [0.717, 1.165) is 11.3 Å². The van der Waals surface area contributed by atoms with Crippen molar-refractivity contribution < 1.29 is 9.84 Å². The number of anilines is 1. The van der Waals surface area contributed by atoms with Crippen molar-refractivity contribution in [2.45, 2.75) is 19.4 Å². The average Bonchev–Trinajstić information content (AvgIpc) is 2.31. The highest BCUT2D eigenvalue weighted by molar-refractivity contribution is 5.58. The third kappa shape index (κ3) is 4.43. The van der Waals surface area contributed by atoms with E-state index in [1.807, 2.05) is 25.1 Å². The molecule has 0 saturated carbocycles. The molecule has 17 heavy (non-hydrogen) atoms. The van der Waals surface area contributed by atoms with E-state index in [1.54, 1.807) is 7.11 Å². The summed E-state index contributed by atoms with van der Waals surface area (Å²) in [6, 6.07) is 7.83. The van der Waals surface area contributed by atoms with Crippen LogP contribution in [0.25, 0.3) is 0 Å². The lowest BCUT2D eigenvalue weighted by Crippen LogP contribution is -2.18. The van der Waals surface area contributed by atoms with Gasteiger partial charge in [-0.2, -0.15) is 5.26 Å². The van der Waals surface area contributed by atoms with E-state index in [-0.39, 0.29) is 0 Å². The Morgan fingerprint density at radius 1 is 1.53 bits per heavy atom. The van der Waals surface area contributed by atoms with Crippen molar-refractivity contribution in [3.8, 4) is 6.07 Å². The zero-order valence-electron chi connectivity index (χ0n) is 10.2. The number of hydrogen-bond acceptors (Lipinski definition) is 4. The van der Waals surface area contributed by atoms with Gasteiger partial charge in [-0.1, -0.05) is 6.07 Å². The molecule has 4 heteroatoms. The van der Waals surface area contributed by atoms with Crippen molar-refractivity contribution in [1.82, 2.24) is 0 Å². The molecule has 4 nitrogen and oxygen atoms in total. The highest BCUT2D eigenvalue weighted by atomic mass is 16.5. The van der Waals surface area contributed by atoms with Crippen LogP contribution >= 0.6 is 0 Å². The van der Waals surface area contributed by atoms with Gasteiger partial charge in [0.05, 0.1) is 24.0 Å². The molecule has 1 unspecified atom stereocenters. The number of ether oxygens (including phenoxy) is 1. The molecule has 1 aromatic carbocycles. The Labute approximate surface area is 102 Å². The first-order chi connectivity index (χ1) is 8.17. The molecule has 0 heterocycles. The maximum absolute atomic E-state index is 9.47. The van der Waals surface area contributed by atoms with E-state index < -0.39 is 6.10 Å². The summed E-state index contributed by atoms with van der Waals surface area (Å²) in [5.41, 5.74) is 2.50. The number of hydrogen-bond donors (Lipinski definition) is 2. The quantitative estimate of drug-likeness (QED) is 0.786. The van der Waals surface area contributed by atoms with Gasteiger partial charge in [-0.15, -0.1) is 0 Å². The smallest absolute Gasteiger partial charge is 0.101 e. The predicted octanol–water partition coefficient (Wildman–Crippen LogP) is 1.68. The van der Waals surface area contributed by atoms with Crippen molar-refractivity contribution in [3.05, 3.63) is 29.3 Å². The molecule has 0 amide bonds. The fourth-order valence-electron chi connectivity index (χ4n) is 1.55. The number of methoxy groups -OCH3 is 1. The van der Waals surface area contributed by atoms with Crippen LogP contribution in [0.15, 0.2) is 18.2 Å². The molecular weight excluding hydrogens is 216 g/mol. The first-order valence-corrected chi connectivity index (χ1v) is 5.59. The van der Waals surface area contributed by atoms with E-state index in [4.69, 9.17) is 10.00 Å². The molecule has 2 N–H and O–H groups in total. The van der Waals surface area contributed by atoms with Crippen LogP contribution in [0.4, 0.5) is 5.69 Å². The fraction of sp³-hybridized carbons (Fsp3) is 0.462. The van der Waals surface area contributed by atoms with Crippen LogP contribution in [-0.4, -0.2) is 31.5 Å². The van der Waals surface area contributed by atoms with E-state index in [1.165, 1.54) is 0 Å².